The van der Waals surface area contributed by atoms with Gasteiger partial charge in [0.15, 0.2) is 0 Å². The molecule has 3 unspecified atom stereocenters. The molecular weight excluding hydrogens is 496 g/mol. The number of alkyl halides is 8. The van der Waals surface area contributed by atoms with Crippen LogP contribution in [0.2, 0.25) is 0 Å². The van der Waals surface area contributed by atoms with E-state index in [1.807, 2.05) is 6.92 Å². The van der Waals surface area contributed by atoms with E-state index in [0.29, 0.717) is 24.8 Å². The smallest absolute Gasteiger partial charge is 0.355 e. The van der Waals surface area contributed by atoms with Crippen molar-refractivity contribution in [3.8, 4) is 0 Å². The minimum absolute atomic E-state index is 0.0227. The number of anilines is 1. The van der Waals surface area contributed by atoms with Crippen LogP contribution in [0.3, 0.4) is 0 Å². The average molecular weight is 522 g/mol. The minimum atomic E-state index is -4.75. The van der Waals surface area contributed by atoms with Crippen molar-refractivity contribution in [3.05, 3.63) is 53.0 Å². The molecule has 0 bridgehead atoms. The van der Waals surface area contributed by atoms with Gasteiger partial charge in [-0.05, 0) is 61.8 Å². The molecule has 0 radical (unpaired) electrons. The minimum Gasteiger partial charge on any atom is -0.355 e. The first-order valence-corrected chi connectivity index (χ1v) is 11.7. The van der Waals surface area contributed by atoms with Gasteiger partial charge in [-0.3, -0.25) is 4.98 Å². The van der Waals surface area contributed by atoms with Crippen LogP contribution in [-0.2, 0) is 12.6 Å². The molecule has 2 fully saturated rings. The third-order valence-corrected chi connectivity index (χ3v) is 6.89. The van der Waals surface area contributed by atoms with Crippen molar-refractivity contribution in [2.24, 2.45) is 5.92 Å². The van der Waals surface area contributed by atoms with E-state index in [4.69, 9.17) is 0 Å². The SMILES string of the molecule is CC1CC(c2ccc(C(F)F)nc2)CC(CCc2cnc(N3CC(C(F)(F)F)C3)c(C(F)(F)F)c2)N1. The van der Waals surface area contributed by atoms with Gasteiger partial charge in [0.1, 0.15) is 11.5 Å². The zero-order chi connectivity index (χ0) is 26.3. The molecule has 3 atom stereocenters. The van der Waals surface area contributed by atoms with E-state index in [1.165, 1.54) is 18.5 Å². The summed E-state index contributed by atoms with van der Waals surface area (Å²) in [6.45, 7) is 0.897. The molecule has 2 aliphatic heterocycles. The number of piperidine rings is 1. The molecule has 4 nitrogen and oxygen atoms in total. The lowest BCUT2D eigenvalue weighted by Crippen LogP contribution is -2.54. The first kappa shape index (κ1) is 26.6. The van der Waals surface area contributed by atoms with Crippen LogP contribution in [0, 0.1) is 5.92 Å². The Hall–Kier alpha value is -2.50. The summed E-state index contributed by atoms with van der Waals surface area (Å²) in [6, 6.07) is 4.02. The maximum absolute atomic E-state index is 13.7. The van der Waals surface area contributed by atoms with Gasteiger partial charge in [-0.25, -0.2) is 13.8 Å². The van der Waals surface area contributed by atoms with Crippen molar-refractivity contribution in [3.63, 3.8) is 0 Å². The number of rotatable bonds is 6. The van der Waals surface area contributed by atoms with Crippen LogP contribution in [0.1, 0.15) is 60.9 Å². The van der Waals surface area contributed by atoms with Gasteiger partial charge >= 0.3 is 12.4 Å². The number of nitrogens with zero attached hydrogens (tertiary/aromatic N) is 3. The summed E-state index contributed by atoms with van der Waals surface area (Å²) in [5.74, 6) is -2.06. The number of aromatic nitrogens is 2. The second kappa shape index (κ2) is 10.1. The van der Waals surface area contributed by atoms with Gasteiger partial charge in [-0.1, -0.05) is 6.07 Å². The fourth-order valence-corrected chi connectivity index (χ4v) is 4.96. The van der Waals surface area contributed by atoms with Crippen LogP contribution >= 0.6 is 0 Å². The van der Waals surface area contributed by atoms with Crippen molar-refractivity contribution < 1.29 is 35.1 Å². The number of hydrogen-bond acceptors (Lipinski definition) is 4. The van der Waals surface area contributed by atoms with Crippen LogP contribution in [0.15, 0.2) is 30.6 Å². The molecule has 4 rings (SSSR count). The largest absolute Gasteiger partial charge is 0.419 e. The summed E-state index contributed by atoms with van der Waals surface area (Å²) in [4.78, 5) is 8.73. The Balaban J connectivity index is 1.42. The molecule has 36 heavy (non-hydrogen) atoms. The maximum Gasteiger partial charge on any atom is 0.419 e. The molecule has 2 aromatic rings. The average Bonchev–Trinajstić information content (AvgIpc) is 2.75. The predicted molar refractivity (Wildman–Crippen MR) is 117 cm³/mol. The van der Waals surface area contributed by atoms with E-state index >= 15 is 0 Å². The topological polar surface area (TPSA) is 41.1 Å². The lowest BCUT2D eigenvalue weighted by molar-refractivity contribution is -0.180. The summed E-state index contributed by atoms with van der Waals surface area (Å²) >= 11 is 0. The van der Waals surface area contributed by atoms with Crippen molar-refractivity contribution in [1.29, 1.82) is 0 Å². The lowest BCUT2D eigenvalue weighted by Gasteiger charge is -2.41. The molecule has 0 saturated carbocycles. The van der Waals surface area contributed by atoms with Gasteiger partial charge in [-0.2, -0.15) is 26.3 Å². The lowest BCUT2D eigenvalue weighted by atomic mass is 9.82. The van der Waals surface area contributed by atoms with Gasteiger partial charge in [0.25, 0.3) is 6.43 Å². The molecule has 1 N–H and O–H groups in total. The molecule has 0 spiro atoms. The Morgan fingerprint density at radius 3 is 2.33 bits per heavy atom. The standard InChI is InChI=1S/C24H26F8N4/c1-13-6-16(15-3-5-20(21(25)26)33-10-15)8-18(35-13)4-2-14-7-19(24(30,31)32)22(34-9-14)36-11-17(12-36)23(27,28)29/h3,5,7,9-10,13,16-18,21,35H,2,4,6,8,11-12H2,1H3. The molecule has 4 heterocycles. The zero-order valence-electron chi connectivity index (χ0n) is 19.4. The number of nitrogens with one attached hydrogen (secondary N) is 1. The molecule has 2 aliphatic rings. The van der Waals surface area contributed by atoms with E-state index in [9.17, 15) is 35.1 Å². The van der Waals surface area contributed by atoms with Gasteiger partial charge in [-0.15, -0.1) is 0 Å². The molecular formula is C24H26F8N4. The van der Waals surface area contributed by atoms with Gasteiger partial charge in [0, 0.05) is 37.6 Å². The number of halogens is 8. The predicted octanol–water partition coefficient (Wildman–Crippen LogP) is 6.29. The first-order chi connectivity index (χ1) is 16.8. The Kier molecular flexibility index (Phi) is 7.45. The van der Waals surface area contributed by atoms with Crippen molar-refractivity contribution >= 4 is 5.82 Å². The number of hydrogen-bond donors (Lipinski definition) is 1. The molecule has 2 aromatic heterocycles. The van der Waals surface area contributed by atoms with Crippen LogP contribution < -0.4 is 10.2 Å². The second-order valence-corrected chi connectivity index (χ2v) is 9.64. The van der Waals surface area contributed by atoms with Crippen molar-refractivity contribution in [1.82, 2.24) is 15.3 Å². The van der Waals surface area contributed by atoms with Crippen LogP contribution in [0.25, 0.3) is 0 Å². The monoisotopic (exact) mass is 522 g/mol. The summed E-state index contributed by atoms with van der Waals surface area (Å²) in [7, 11) is 0. The Morgan fingerprint density at radius 2 is 1.75 bits per heavy atom. The fourth-order valence-electron chi connectivity index (χ4n) is 4.96. The van der Waals surface area contributed by atoms with Gasteiger partial charge in [0.2, 0.25) is 0 Å². The Morgan fingerprint density at radius 1 is 1.03 bits per heavy atom. The second-order valence-electron chi connectivity index (χ2n) is 9.64. The number of aryl methyl sites for hydroxylation is 1. The molecule has 0 amide bonds. The molecule has 0 aliphatic carbocycles. The summed E-state index contributed by atoms with van der Waals surface area (Å²) < 4.78 is 105. The van der Waals surface area contributed by atoms with Gasteiger partial charge in [0.05, 0.1) is 11.5 Å². The first-order valence-electron chi connectivity index (χ1n) is 11.7. The van der Waals surface area contributed by atoms with E-state index < -0.39 is 49.2 Å². The highest BCUT2D eigenvalue weighted by Crippen LogP contribution is 2.41. The summed E-state index contributed by atoms with van der Waals surface area (Å²) in [6.07, 6.45) is -6.84. The maximum atomic E-state index is 13.7. The fraction of sp³-hybridized carbons (Fsp3) is 0.583. The van der Waals surface area contributed by atoms with Crippen molar-refractivity contribution in [2.75, 3.05) is 18.0 Å². The van der Waals surface area contributed by atoms with E-state index in [0.717, 1.165) is 23.0 Å². The highest BCUT2D eigenvalue weighted by Gasteiger charge is 2.49. The van der Waals surface area contributed by atoms with Gasteiger partial charge < -0.3 is 10.2 Å². The zero-order valence-corrected chi connectivity index (χ0v) is 19.4. The highest BCUT2D eigenvalue weighted by molar-refractivity contribution is 5.52. The van der Waals surface area contributed by atoms with Crippen LogP contribution in [0.4, 0.5) is 40.9 Å². The normalized spacial score (nSPS) is 23.7. The molecule has 12 heteroatoms. The van der Waals surface area contributed by atoms with E-state index in [-0.39, 0.29) is 23.7 Å². The Labute approximate surface area is 203 Å². The molecule has 198 valence electrons. The van der Waals surface area contributed by atoms with Crippen molar-refractivity contribution in [2.45, 2.75) is 69.4 Å². The molecule has 2 saturated heterocycles. The quantitative estimate of drug-likeness (QED) is 0.453. The van der Waals surface area contributed by atoms with Crippen LogP contribution in [0.5, 0.6) is 0 Å². The van der Waals surface area contributed by atoms with E-state index in [2.05, 4.69) is 15.3 Å². The van der Waals surface area contributed by atoms with E-state index in [1.54, 1.807) is 6.07 Å². The third-order valence-electron chi connectivity index (χ3n) is 6.89. The van der Waals surface area contributed by atoms with Crippen LogP contribution in [-0.4, -0.2) is 41.3 Å². The molecule has 0 aromatic carbocycles. The highest BCUT2D eigenvalue weighted by atomic mass is 19.4. The Bertz CT molecular complexity index is 1030. The summed E-state index contributed by atoms with van der Waals surface area (Å²) in [5, 5.41) is 3.43. The number of pyridine rings is 2. The third kappa shape index (κ3) is 6.07. The summed E-state index contributed by atoms with van der Waals surface area (Å²) in [5.41, 5.74) is -0.136.